The Hall–Kier alpha value is -0.420. The van der Waals surface area contributed by atoms with Crippen LogP contribution in [0.2, 0.25) is 0 Å². The number of alkyl halides is 6. The van der Waals surface area contributed by atoms with Crippen LogP contribution < -0.4 is 0 Å². The van der Waals surface area contributed by atoms with Crippen molar-refractivity contribution in [3.63, 3.8) is 0 Å². The van der Waals surface area contributed by atoms with Crippen molar-refractivity contribution in [3.8, 4) is 0 Å². The van der Waals surface area contributed by atoms with E-state index in [0.717, 1.165) is 20.8 Å². The largest absolute Gasteiger partial charge is 0.313 e. The van der Waals surface area contributed by atoms with Gasteiger partial charge in [0.25, 0.3) is 5.92 Å². The average molecular weight is 222 g/mol. The minimum absolute atomic E-state index is 1.02. The highest BCUT2D eigenvalue weighted by Gasteiger charge is 2.54. The van der Waals surface area contributed by atoms with Gasteiger partial charge in [-0.2, -0.15) is 0 Å². The lowest BCUT2D eigenvalue weighted by Gasteiger charge is -2.32. The zero-order valence-corrected chi connectivity index (χ0v) is 8.05. The van der Waals surface area contributed by atoms with E-state index in [1.807, 2.05) is 0 Å². The predicted octanol–water partition coefficient (Wildman–Crippen LogP) is 3.96. The quantitative estimate of drug-likeness (QED) is 0.634. The maximum Gasteiger partial charge on any atom is 0.313 e. The first kappa shape index (κ1) is 13.6. The summed E-state index contributed by atoms with van der Waals surface area (Å²) < 4.78 is 73.9. The minimum atomic E-state index is -4.64. The monoisotopic (exact) mass is 222 g/mol. The molecule has 0 bridgehead atoms. The molecule has 0 fully saturated rings. The molecule has 0 saturated carbocycles. The summed E-state index contributed by atoms with van der Waals surface area (Å²) in [7, 11) is 0. The van der Waals surface area contributed by atoms with Crippen LogP contribution >= 0.6 is 0 Å². The van der Waals surface area contributed by atoms with Gasteiger partial charge in [0.05, 0.1) is 6.42 Å². The number of hydrogen-bond donors (Lipinski definition) is 0. The Bertz CT molecular complexity index is 190. The van der Waals surface area contributed by atoms with E-state index < -0.39 is 30.1 Å². The van der Waals surface area contributed by atoms with E-state index >= 15 is 0 Å². The molecule has 0 saturated heterocycles. The van der Waals surface area contributed by atoms with Gasteiger partial charge < -0.3 is 0 Å². The summed E-state index contributed by atoms with van der Waals surface area (Å²) in [5.74, 6) is -8.47. The Labute approximate surface area is 78.3 Å². The molecular formula is C8H12F6. The molecule has 0 unspecified atom stereocenters. The maximum absolute atomic E-state index is 13.0. The zero-order chi connectivity index (χ0) is 11.8. The predicted molar refractivity (Wildman–Crippen MR) is 40.0 cm³/mol. The van der Waals surface area contributed by atoms with E-state index in [1.54, 1.807) is 0 Å². The number of halogens is 6. The lowest BCUT2D eigenvalue weighted by molar-refractivity contribution is -0.206. The Kier molecular flexibility index (Phi) is 3.51. The van der Waals surface area contributed by atoms with Gasteiger partial charge >= 0.3 is 12.3 Å². The Morgan fingerprint density at radius 3 is 1.50 bits per heavy atom. The molecule has 0 aromatic rings. The summed E-state index contributed by atoms with van der Waals surface area (Å²) in [4.78, 5) is 0. The molecule has 0 rings (SSSR count). The van der Waals surface area contributed by atoms with Gasteiger partial charge in [-0.3, -0.25) is 0 Å². The van der Waals surface area contributed by atoms with Gasteiger partial charge in [0.15, 0.2) is 0 Å². The van der Waals surface area contributed by atoms with Crippen molar-refractivity contribution in [1.82, 2.24) is 0 Å². The second-order valence-electron chi connectivity index (χ2n) is 4.19. The van der Waals surface area contributed by atoms with Crippen LogP contribution in [0, 0.1) is 5.41 Å². The first-order chi connectivity index (χ1) is 5.90. The van der Waals surface area contributed by atoms with Crippen LogP contribution in [0.3, 0.4) is 0 Å². The molecule has 14 heavy (non-hydrogen) atoms. The summed E-state index contributed by atoms with van der Waals surface area (Å²) in [6.45, 7) is 3.07. The highest BCUT2D eigenvalue weighted by molar-refractivity contribution is 4.87. The van der Waals surface area contributed by atoms with E-state index in [-0.39, 0.29) is 0 Å². The molecule has 0 N–H and O–H groups in total. The third-order valence-corrected chi connectivity index (χ3v) is 1.87. The molecule has 0 aliphatic carbocycles. The van der Waals surface area contributed by atoms with Gasteiger partial charge in [0.2, 0.25) is 0 Å². The van der Waals surface area contributed by atoms with Crippen molar-refractivity contribution in [2.24, 2.45) is 5.41 Å². The average Bonchev–Trinajstić information content (AvgIpc) is 1.80. The van der Waals surface area contributed by atoms with E-state index in [9.17, 15) is 26.3 Å². The topological polar surface area (TPSA) is 0 Å². The summed E-state index contributed by atoms with van der Waals surface area (Å²) >= 11 is 0. The second kappa shape index (κ2) is 3.62. The van der Waals surface area contributed by atoms with Crippen LogP contribution in [0.1, 0.15) is 27.2 Å². The van der Waals surface area contributed by atoms with E-state index in [4.69, 9.17) is 0 Å². The maximum atomic E-state index is 13.0. The smallest absolute Gasteiger partial charge is 0.206 e. The molecule has 0 aliphatic heterocycles. The van der Waals surface area contributed by atoms with Crippen molar-refractivity contribution >= 4 is 0 Å². The van der Waals surface area contributed by atoms with Crippen LogP contribution in [0.25, 0.3) is 0 Å². The van der Waals surface area contributed by atoms with Crippen molar-refractivity contribution in [1.29, 1.82) is 0 Å². The molecule has 0 atom stereocenters. The van der Waals surface area contributed by atoms with Gasteiger partial charge in [-0.1, -0.05) is 20.8 Å². The number of rotatable bonds is 3. The van der Waals surface area contributed by atoms with Gasteiger partial charge in [-0.05, 0) is 0 Å². The fraction of sp³-hybridized carbons (Fsp3) is 1.00. The third-order valence-electron chi connectivity index (χ3n) is 1.87. The highest BCUT2D eigenvalue weighted by Crippen LogP contribution is 2.44. The molecule has 0 radical (unpaired) electrons. The van der Waals surface area contributed by atoms with Gasteiger partial charge in [0, 0.05) is 5.41 Å². The molecule has 0 aliphatic rings. The van der Waals surface area contributed by atoms with E-state index in [0.29, 0.717) is 0 Å². The second-order valence-corrected chi connectivity index (χ2v) is 4.19. The molecule has 0 amide bonds. The molecule has 0 aromatic heterocycles. The standard InChI is InChI=1S/C8H12F6/c1-6(2,3)8(13,14)4-7(11,12)5(9)10/h5H,4H2,1-3H3. The first-order valence-corrected chi connectivity index (χ1v) is 3.94. The molecule has 0 aromatic carbocycles. The highest BCUT2D eigenvalue weighted by atomic mass is 19.3. The zero-order valence-electron chi connectivity index (χ0n) is 8.05. The lowest BCUT2D eigenvalue weighted by atomic mass is 9.84. The summed E-state index contributed by atoms with van der Waals surface area (Å²) in [6, 6.07) is 0. The summed E-state index contributed by atoms with van der Waals surface area (Å²) in [6.07, 6.45) is -6.18. The van der Waals surface area contributed by atoms with Gasteiger partial charge in [0.1, 0.15) is 0 Å². The van der Waals surface area contributed by atoms with Crippen LogP contribution in [-0.2, 0) is 0 Å². The molecule has 0 nitrogen and oxygen atoms in total. The van der Waals surface area contributed by atoms with Crippen LogP contribution in [0.4, 0.5) is 26.3 Å². The molecule has 86 valence electrons. The molecule has 0 spiro atoms. The van der Waals surface area contributed by atoms with E-state index in [1.165, 1.54) is 0 Å². The first-order valence-electron chi connectivity index (χ1n) is 3.94. The Balaban J connectivity index is 4.67. The fourth-order valence-corrected chi connectivity index (χ4v) is 0.638. The van der Waals surface area contributed by atoms with E-state index in [2.05, 4.69) is 0 Å². The van der Waals surface area contributed by atoms with Crippen molar-refractivity contribution < 1.29 is 26.3 Å². The number of hydrogen-bond acceptors (Lipinski definition) is 0. The molecule has 6 heteroatoms. The fourth-order valence-electron chi connectivity index (χ4n) is 0.638. The van der Waals surface area contributed by atoms with Crippen LogP contribution in [-0.4, -0.2) is 18.3 Å². The van der Waals surface area contributed by atoms with Crippen LogP contribution in [0.5, 0.6) is 0 Å². The summed E-state index contributed by atoms with van der Waals surface area (Å²) in [5, 5.41) is 0. The summed E-state index contributed by atoms with van der Waals surface area (Å²) in [5.41, 5.74) is -1.76. The van der Waals surface area contributed by atoms with Crippen molar-refractivity contribution in [3.05, 3.63) is 0 Å². The normalized spacial score (nSPS) is 15.0. The Morgan fingerprint density at radius 1 is 0.929 bits per heavy atom. The molecule has 0 heterocycles. The van der Waals surface area contributed by atoms with Gasteiger partial charge in [-0.15, -0.1) is 0 Å². The molecular weight excluding hydrogens is 210 g/mol. The van der Waals surface area contributed by atoms with Crippen LogP contribution in [0.15, 0.2) is 0 Å². The van der Waals surface area contributed by atoms with Crippen molar-refractivity contribution in [2.45, 2.75) is 45.5 Å². The van der Waals surface area contributed by atoms with Crippen molar-refractivity contribution in [2.75, 3.05) is 0 Å². The third kappa shape index (κ3) is 3.06. The van der Waals surface area contributed by atoms with Gasteiger partial charge in [-0.25, -0.2) is 26.3 Å². The lowest BCUT2D eigenvalue weighted by Crippen LogP contribution is -2.42. The SMILES string of the molecule is CC(C)(C)C(F)(F)CC(F)(F)C(F)F. The Morgan fingerprint density at radius 2 is 1.29 bits per heavy atom. The minimum Gasteiger partial charge on any atom is -0.206 e.